The van der Waals surface area contributed by atoms with Gasteiger partial charge in [-0.25, -0.2) is 4.57 Å². The van der Waals surface area contributed by atoms with Crippen LogP contribution in [0.25, 0.3) is 0 Å². The number of hydrogen-bond acceptors (Lipinski definition) is 7. The number of allylic oxidation sites excluding steroid dienone is 22. The van der Waals surface area contributed by atoms with Gasteiger partial charge in [0.2, 0.25) is 0 Å². The smallest absolute Gasteiger partial charge is 0.462 e. The van der Waals surface area contributed by atoms with E-state index in [-0.39, 0.29) is 32.0 Å². The number of ether oxygens (including phenoxy) is 2. The van der Waals surface area contributed by atoms with Crippen molar-refractivity contribution in [3.63, 3.8) is 0 Å². The van der Waals surface area contributed by atoms with Crippen LogP contribution in [0.1, 0.15) is 174 Å². The second-order valence-corrected chi connectivity index (χ2v) is 19.6. The monoisotopic (exact) mass is 979 g/mol. The Morgan fingerprint density at radius 2 is 0.826 bits per heavy atom. The average molecular weight is 979 g/mol. The van der Waals surface area contributed by atoms with E-state index in [0.29, 0.717) is 17.4 Å². The van der Waals surface area contributed by atoms with Crippen molar-refractivity contribution in [3.8, 4) is 0 Å². The highest BCUT2D eigenvalue weighted by Crippen LogP contribution is 2.43. The van der Waals surface area contributed by atoms with Gasteiger partial charge in [-0.1, -0.05) is 199 Å². The van der Waals surface area contributed by atoms with E-state index < -0.39 is 26.5 Å². The third kappa shape index (κ3) is 53.4. The summed E-state index contributed by atoms with van der Waals surface area (Å²) in [6.45, 7) is 4.18. The summed E-state index contributed by atoms with van der Waals surface area (Å²) in [7, 11) is 1.44. The van der Waals surface area contributed by atoms with Crippen molar-refractivity contribution in [2.75, 3.05) is 47.5 Å². The first-order valence-corrected chi connectivity index (χ1v) is 27.9. The van der Waals surface area contributed by atoms with E-state index in [4.69, 9.17) is 18.5 Å². The predicted molar refractivity (Wildman–Crippen MR) is 293 cm³/mol. The fraction of sp³-hybridized carbons (Fsp3) is 0.593. The van der Waals surface area contributed by atoms with Gasteiger partial charge in [-0.2, -0.15) is 0 Å². The topological polar surface area (TPSA) is 108 Å². The minimum Gasteiger partial charge on any atom is -0.462 e. The van der Waals surface area contributed by atoms with Crippen molar-refractivity contribution in [2.24, 2.45) is 0 Å². The Kier molecular flexibility index (Phi) is 46.4. The largest absolute Gasteiger partial charge is 0.472 e. The van der Waals surface area contributed by atoms with Crippen molar-refractivity contribution in [1.82, 2.24) is 0 Å². The fourth-order valence-corrected chi connectivity index (χ4v) is 7.11. The Balaban J connectivity index is 4.08. The SMILES string of the molecule is CC/C=C\C/C=C\C/C=C\C/C=C\C/C=C\C/C=C\C/C=C\C/C=C\C/C=C\C/C=C\C/C=C\CCCCCCCC(=O)OC(COC(=O)CCCCCCCC)COP(=O)(O)OCC[N+](C)(C)C. The molecule has 390 valence electrons. The molecule has 0 fully saturated rings. The van der Waals surface area contributed by atoms with Gasteiger partial charge >= 0.3 is 19.8 Å². The Morgan fingerprint density at radius 1 is 0.464 bits per heavy atom. The molecule has 2 atom stereocenters. The maximum Gasteiger partial charge on any atom is 0.472 e. The van der Waals surface area contributed by atoms with Crippen LogP contribution >= 0.6 is 7.82 Å². The van der Waals surface area contributed by atoms with Gasteiger partial charge in [0.15, 0.2) is 6.10 Å². The van der Waals surface area contributed by atoms with Crippen LogP contribution < -0.4 is 0 Å². The fourth-order valence-electron chi connectivity index (χ4n) is 6.37. The van der Waals surface area contributed by atoms with Gasteiger partial charge in [0.05, 0.1) is 27.7 Å². The molecule has 0 aromatic carbocycles. The third-order valence-electron chi connectivity index (χ3n) is 10.4. The highest BCUT2D eigenvalue weighted by atomic mass is 31.2. The number of carbonyl (C=O) groups is 2. The lowest BCUT2D eigenvalue weighted by Gasteiger charge is -2.24. The van der Waals surface area contributed by atoms with Gasteiger partial charge in [-0.05, 0) is 96.3 Å². The molecule has 0 aromatic heterocycles. The number of carbonyl (C=O) groups excluding carboxylic acids is 2. The van der Waals surface area contributed by atoms with E-state index in [2.05, 4.69) is 148 Å². The molecule has 0 aromatic rings. The van der Waals surface area contributed by atoms with E-state index in [9.17, 15) is 19.0 Å². The lowest BCUT2D eigenvalue weighted by molar-refractivity contribution is -0.870. The molecule has 1 N–H and O–H groups in total. The van der Waals surface area contributed by atoms with Gasteiger partial charge in [0, 0.05) is 12.8 Å². The molecule has 0 rings (SSSR count). The number of esters is 2. The van der Waals surface area contributed by atoms with Crippen LogP contribution in [0.5, 0.6) is 0 Å². The quantitative estimate of drug-likeness (QED) is 0.0211. The maximum absolute atomic E-state index is 12.7. The van der Waals surface area contributed by atoms with Gasteiger partial charge < -0.3 is 18.9 Å². The summed E-state index contributed by atoms with van der Waals surface area (Å²) in [5.41, 5.74) is 0. The summed E-state index contributed by atoms with van der Waals surface area (Å²) >= 11 is 0. The molecule has 0 saturated carbocycles. The number of rotatable bonds is 46. The molecule has 10 heteroatoms. The number of hydrogen-bond donors (Lipinski definition) is 1. The van der Waals surface area contributed by atoms with E-state index in [1.54, 1.807) is 0 Å². The summed E-state index contributed by atoms with van der Waals surface area (Å²) in [6, 6.07) is 0. The molecule has 0 bridgehead atoms. The molecular weight excluding hydrogens is 882 g/mol. The Morgan fingerprint density at radius 3 is 1.23 bits per heavy atom. The van der Waals surface area contributed by atoms with Gasteiger partial charge in [0.25, 0.3) is 0 Å². The molecule has 0 heterocycles. The van der Waals surface area contributed by atoms with Crippen LogP contribution in [0.3, 0.4) is 0 Å². The van der Waals surface area contributed by atoms with Crippen LogP contribution in [0.4, 0.5) is 0 Å². The summed E-state index contributed by atoms with van der Waals surface area (Å²) in [5.74, 6) is -0.842. The van der Waals surface area contributed by atoms with Crippen molar-refractivity contribution in [2.45, 2.75) is 180 Å². The van der Waals surface area contributed by atoms with Crippen molar-refractivity contribution in [3.05, 3.63) is 134 Å². The lowest BCUT2D eigenvalue weighted by atomic mass is 10.1. The number of quaternary nitrogens is 1. The van der Waals surface area contributed by atoms with Gasteiger partial charge in [-0.3, -0.25) is 18.6 Å². The summed E-state index contributed by atoms with van der Waals surface area (Å²) in [6.07, 6.45) is 71.3. The first kappa shape index (κ1) is 65.1. The zero-order valence-corrected chi connectivity index (χ0v) is 44.9. The summed E-state index contributed by atoms with van der Waals surface area (Å²) in [4.78, 5) is 35.2. The highest BCUT2D eigenvalue weighted by Gasteiger charge is 2.27. The van der Waals surface area contributed by atoms with Crippen molar-refractivity contribution >= 4 is 19.8 Å². The predicted octanol–water partition coefficient (Wildman–Crippen LogP) is 16.2. The number of phosphoric ester groups is 1. The lowest BCUT2D eigenvalue weighted by Crippen LogP contribution is -2.37. The molecule has 9 nitrogen and oxygen atoms in total. The number of nitrogens with zero attached hydrogens (tertiary/aromatic N) is 1. The van der Waals surface area contributed by atoms with Crippen LogP contribution in [0.2, 0.25) is 0 Å². The first-order chi connectivity index (χ1) is 33.5. The molecule has 0 aliphatic carbocycles. The summed E-state index contributed by atoms with van der Waals surface area (Å²) < 4.78 is 34.2. The Labute approximate surface area is 421 Å². The van der Waals surface area contributed by atoms with Crippen molar-refractivity contribution < 1.29 is 42.1 Å². The van der Waals surface area contributed by atoms with Crippen LogP contribution in [-0.2, 0) is 32.7 Å². The molecule has 0 amide bonds. The molecule has 0 saturated heterocycles. The minimum absolute atomic E-state index is 0.0212. The van der Waals surface area contributed by atoms with Crippen molar-refractivity contribution in [1.29, 1.82) is 0 Å². The molecule has 2 unspecified atom stereocenters. The zero-order chi connectivity index (χ0) is 50.6. The van der Waals surface area contributed by atoms with Crippen LogP contribution in [0.15, 0.2) is 134 Å². The average Bonchev–Trinajstić information content (AvgIpc) is 3.31. The third-order valence-corrected chi connectivity index (χ3v) is 11.4. The zero-order valence-electron chi connectivity index (χ0n) is 44.0. The second kappa shape index (κ2) is 49.1. The van der Waals surface area contributed by atoms with Gasteiger partial charge in [-0.15, -0.1) is 0 Å². The standard InChI is InChI=1S/C59H96NO8P/c1-6-8-10-12-14-15-16-17-18-19-20-21-22-23-24-25-26-27-28-29-30-31-32-33-34-35-36-37-38-39-40-41-42-43-44-45-46-48-50-52-59(62)68-57(55-65-58(61)51-49-47-13-11-9-7-2)56-67-69(63,64)66-54-53-60(3,4)5/h8,10,14-15,17-18,20-21,23-24,26-27,29-30,32-33,35-36,38-39,41-42,57H,6-7,9,11-13,16,19,22,25,28,31,34,37,40,43-56H2,1-5H3/p+1/b10-8-,15-14-,18-17-,21-20-,24-23-,27-26-,30-29-,33-32-,36-35-,39-38-,42-41-. The number of unbranched alkanes of at least 4 members (excludes halogenated alkanes) is 10. The van der Waals surface area contributed by atoms with E-state index >= 15 is 0 Å². The number of likely N-dealkylation sites (N-methyl/N-ethyl adjacent to an activating group) is 1. The Bertz CT molecular complexity index is 1620. The summed E-state index contributed by atoms with van der Waals surface area (Å²) in [5, 5.41) is 0. The molecule has 0 aliphatic rings. The maximum atomic E-state index is 12.7. The Hall–Kier alpha value is -3.85. The molecule has 0 spiro atoms. The number of phosphoric acid groups is 1. The van der Waals surface area contributed by atoms with Crippen LogP contribution in [0, 0.1) is 0 Å². The highest BCUT2D eigenvalue weighted by molar-refractivity contribution is 7.47. The molecule has 0 aliphatic heterocycles. The molecular formula is C59H97NO8P+. The molecule has 0 radical (unpaired) electrons. The first-order valence-electron chi connectivity index (χ1n) is 26.4. The van der Waals surface area contributed by atoms with E-state index in [1.807, 2.05) is 21.1 Å². The minimum atomic E-state index is -4.38. The van der Waals surface area contributed by atoms with Crippen LogP contribution in [-0.4, -0.2) is 74.9 Å². The normalized spacial score (nSPS) is 14.5. The second-order valence-electron chi connectivity index (χ2n) is 18.2. The molecule has 69 heavy (non-hydrogen) atoms. The van der Waals surface area contributed by atoms with E-state index in [0.717, 1.165) is 135 Å². The van der Waals surface area contributed by atoms with Gasteiger partial charge in [0.1, 0.15) is 19.8 Å². The van der Waals surface area contributed by atoms with E-state index in [1.165, 1.54) is 6.42 Å².